The van der Waals surface area contributed by atoms with Crippen molar-refractivity contribution < 1.29 is 9.47 Å². The molecule has 0 aromatic heterocycles. The van der Waals surface area contributed by atoms with E-state index in [1.165, 1.54) is 0 Å². The van der Waals surface area contributed by atoms with Crippen molar-refractivity contribution in [1.82, 2.24) is 5.32 Å². The van der Waals surface area contributed by atoms with Crippen molar-refractivity contribution in [2.75, 3.05) is 19.9 Å². The van der Waals surface area contributed by atoms with Crippen LogP contribution in [0.1, 0.15) is 24.3 Å². The molecule has 0 radical (unpaired) electrons. The Labute approximate surface area is 99.7 Å². The van der Waals surface area contributed by atoms with Gasteiger partial charge >= 0.3 is 0 Å². The number of piperidine rings is 1. The second kappa shape index (κ2) is 4.15. The van der Waals surface area contributed by atoms with Crippen LogP contribution >= 0.6 is 11.6 Å². The van der Waals surface area contributed by atoms with Gasteiger partial charge in [0.05, 0.1) is 0 Å². The Morgan fingerprint density at radius 3 is 2.81 bits per heavy atom. The van der Waals surface area contributed by atoms with E-state index in [9.17, 15) is 0 Å². The third-order valence-corrected chi connectivity index (χ3v) is 3.60. The number of benzene rings is 1. The number of ether oxygens (including phenoxy) is 2. The second-order valence-electron chi connectivity index (χ2n) is 4.22. The van der Waals surface area contributed by atoms with Gasteiger partial charge in [-0.25, -0.2) is 0 Å². The molecule has 1 N–H and O–H groups in total. The average molecular weight is 240 g/mol. The van der Waals surface area contributed by atoms with E-state index >= 15 is 0 Å². The molecule has 1 aromatic carbocycles. The van der Waals surface area contributed by atoms with Crippen LogP contribution in [0.25, 0.3) is 0 Å². The number of rotatable bonds is 1. The minimum atomic E-state index is 0.313. The van der Waals surface area contributed by atoms with E-state index in [0.29, 0.717) is 12.7 Å². The molecular formula is C12H14ClNO2. The highest BCUT2D eigenvalue weighted by Gasteiger charge is 2.27. The molecule has 3 nitrogen and oxygen atoms in total. The van der Waals surface area contributed by atoms with E-state index in [0.717, 1.165) is 48.0 Å². The lowest BCUT2D eigenvalue weighted by molar-refractivity contribution is 0.172. The molecule has 0 spiro atoms. The average Bonchev–Trinajstić information content (AvgIpc) is 2.78. The summed E-state index contributed by atoms with van der Waals surface area (Å²) in [6.07, 6.45) is 2.22. The fourth-order valence-electron chi connectivity index (χ4n) is 2.46. The molecule has 0 aliphatic carbocycles. The maximum atomic E-state index is 6.29. The first kappa shape index (κ1) is 10.2. The van der Waals surface area contributed by atoms with Gasteiger partial charge in [-0.2, -0.15) is 0 Å². The topological polar surface area (TPSA) is 30.5 Å². The predicted molar refractivity (Wildman–Crippen MR) is 62.4 cm³/mol. The van der Waals surface area contributed by atoms with Crippen LogP contribution < -0.4 is 14.8 Å². The Hall–Kier alpha value is -0.930. The van der Waals surface area contributed by atoms with Crippen LogP contribution in [0.15, 0.2) is 12.1 Å². The number of halogens is 1. The van der Waals surface area contributed by atoms with Crippen molar-refractivity contribution >= 4 is 11.6 Å². The van der Waals surface area contributed by atoms with Gasteiger partial charge in [-0.15, -0.1) is 0 Å². The van der Waals surface area contributed by atoms with Crippen LogP contribution in [0.5, 0.6) is 11.5 Å². The monoisotopic (exact) mass is 239 g/mol. The molecule has 2 aliphatic rings. The van der Waals surface area contributed by atoms with E-state index < -0.39 is 0 Å². The highest BCUT2D eigenvalue weighted by atomic mass is 35.5. The number of hydrogen-bond acceptors (Lipinski definition) is 3. The van der Waals surface area contributed by atoms with E-state index in [1.807, 2.05) is 12.1 Å². The molecule has 0 atom stereocenters. The zero-order valence-corrected chi connectivity index (χ0v) is 9.72. The molecule has 0 bridgehead atoms. The molecule has 1 fully saturated rings. The Morgan fingerprint density at radius 2 is 2.00 bits per heavy atom. The molecule has 0 unspecified atom stereocenters. The van der Waals surface area contributed by atoms with Crippen molar-refractivity contribution in [3.8, 4) is 11.5 Å². The van der Waals surface area contributed by atoms with E-state index in [4.69, 9.17) is 21.1 Å². The lowest BCUT2D eigenvalue weighted by Gasteiger charge is -2.24. The largest absolute Gasteiger partial charge is 0.454 e. The van der Waals surface area contributed by atoms with Gasteiger partial charge in [0, 0.05) is 10.6 Å². The van der Waals surface area contributed by atoms with Crippen molar-refractivity contribution in [2.45, 2.75) is 18.8 Å². The van der Waals surface area contributed by atoms with E-state index in [-0.39, 0.29) is 0 Å². The molecule has 16 heavy (non-hydrogen) atoms. The molecular weight excluding hydrogens is 226 g/mol. The summed E-state index contributed by atoms with van der Waals surface area (Å²) < 4.78 is 10.9. The number of nitrogens with one attached hydrogen (secondary N) is 1. The van der Waals surface area contributed by atoms with Crippen molar-refractivity contribution in [1.29, 1.82) is 0 Å². The van der Waals surface area contributed by atoms with Gasteiger partial charge in [0.15, 0.2) is 11.5 Å². The molecule has 2 heterocycles. The normalized spacial score (nSPS) is 20.1. The standard InChI is InChI=1S/C12H14ClNO2/c13-9-1-2-10-12(16-7-15-10)11(9)8-3-5-14-6-4-8/h1-2,8,14H,3-7H2. The summed E-state index contributed by atoms with van der Waals surface area (Å²) in [6.45, 7) is 2.41. The SMILES string of the molecule is Clc1ccc2c(c1C1CCNCC1)OCO2. The van der Waals surface area contributed by atoms with Crippen molar-refractivity contribution in [3.63, 3.8) is 0 Å². The summed E-state index contributed by atoms with van der Waals surface area (Å²) in [5.41, 5.74) is 1.14. The highest BCUT2D eigenvalue weighted by molar-refractivity contribution is 6.31. The Kier molecular flexibility index (Phi) is 2.65. The first-order chi connectivity index (χ1) is 7.86. The van der Waals surface area contributed by atoms with Crippen LogP contribution in [-0.2, 0) is 0 Å². The van der Waals surface area contributed by atoms with Crippen LogP contribution in [0.3, 0.4) is 0 Å². The van der Waals surface area contributed by atoms with Gasteiger partial charge in [-0.1, -0.05) is 11.6 Å². The zero-order chi connectivity index (χ0) is 11.0. The number of hydrogen-bond donors (Lipinski definition) is 1. The Morgan fingerprint density at radius 1 is 1.19 bits per heavy atom. The van der Waals surface area contributed by atoms with E-state index in [2.05, 4.69) is 5.32 Å². The summed E-state index contributed by atoms with van der Waals surface area (Å²) in [4.78, 5) is 0. The van der Waals surface area contributed by atoms with Gasteiger partial charge in [0.25, 0.3) is 0 Å². The lowest BCUT2D eigenvalue weighted by Crippen LogP contribution is -2.26. The minimum Gasteiger partial charge on any atom is -0.454 e. The quantitative estimate of drug-likeness (QED) is 0.817. The van der Waals surface area contributed by atoms with Gasteiger partial charge in [0.1, 0.15) is 0 Å². The fraction of sp³-hybridized carbons (Fsp3) is 0.500. The van der Waals surface area contributed by atoms with Crippen LogP contribution in [-0.4, -0.2) is 19.9 Å². The molecule has 3 rings (SSSR count). The molecule has 1 saturated heterocycles. The lowest BCUT2D eigenvalue weighted by atomic mass is 9.89. The van der Waals surface area contributed by atoms with Crippen molar-refractivity contribution in [2.24, 2.45) is 0 Å². The summed E-state index contributed by atoms with van der Waals surface area (Å²) in [5, 5.41) is 4.16. The highest BCUT2D eigenvalue weighted by Crippen LogP contribution is 2.45. The van der Waals surface area contributed by atoms with Crippen LogP contribution in [0.2, 0.25) is 5.02 Å². The second-order valence-corrected chi connectivity index (χ2v) is 4.63. The maximum absolute atomic E-state index is 6.29. The van der Waals surface area contributed by atoms with Crippen molar-refractivity contribution in [3.05, 3.63) is 22.7 Å². The van der Waals surface area contributed by atoms with Gasteiger partial charge in [-0.05, 0) is 44.0 Å². The minimum absolute atomic E-state index is 0.313. The van der Waals surface area contributed by atoms with Gasteiger partial charge in [0.2, 0.25) is 6.79 Å². The fourth-order valence-corrected chi connectivity index (χ4v) is 2.76. The molecule has 2 aliphatic heterocycles. The maximum Gasteiger partial charge on any atom is 0.231 e. The molecule has 4 heteroatoms. The summed E-state index contributed by atoms with van der Waals surface area (Å²) >= 11 is 6.29. The third kappa shape index (κ3) is 1.64. The molecule has 1 aromatic rings. The Bertz CT molecular complexity index is 402. The first-order valence-corrected chi connectivity index (χ1v) is 6.03. The van der Waals surface area contributed by atoms with Crippen LogP contribution in [0.4, 0.5) is 0 Å². The third-order valence-electron chi connectivity index (χ3n) is 3.27. The van der Waals surface area contributed by atoms with E-state index in [1.54, 1.807) is 0 Å². The molecule has 0 saturated carbocycles. The molecule has 86 valence electrons. The summed E-state index contributed by atoms with van der Waals surface area (Å²) in [6, 6.07) is 3.79. The summed E-state index contributed by atoms with van der Waals surface area (Å²) in [5.74, 6) is 2.18. The Balaban J connectivity index is 2.01. The number of fused-ring (bicyclic) bond motifs is 1. The smallest absolute Gasteiger partial charge is 0.231 e. The van der Waals surface area contributed by atoms with Gasteiger partial charge < -0.3 is 14.8 Å². The van der Waals surface area contributed by atoms with Gasteiger partial charge in [-0.3, -0.25) is 0 Å². The molecule has 0 amide bonds. The zero-order valence-electron chi connectivity index (χ0n) is 8.96. The summed E-state index contributed by atoms with van der Waals surface area (Å²) in [7, 11) is 0. The predicted octanol–water partition coefficient (Wildman–Crippen LogP) is 2.54. The first-order valence-electron chi connectivity index (χ1n) is 5.65. The van der Waals surface area contributed by atoms with Crippen LogP contribution in [0, 0.1) is 0 Å².